The maximum atomic E-state index is 5.49. The predicted molar refractivity (Wildman–Crippen MR) is 50.1 cm³/mol. The summed E-state index contributed by atoms with van der Waals surface area (Å²) < 4.78 is 5.49. The van der Waals surface area contributed by atoms with Crippen LogP contribution in [0.5, 0.6) is 0 Å². The summed E-state index contributed by atoms with van der Waals surface area (Å²) >= 11 is 0. The van der Waals surface area contributed by atoms with E-state index < -0.39 is 0 Å². The first-order valence-electron chi connectivity index (χ1n) is 4.70. The molecule has 0 spiro atoms. The minimum atomic E-state index is 0.405. The van der Waals surface area contributed by atoms with Gasteiger partial charge in [-0.05, 0) is 38.4 Å². The SMILES string of the molecule is CNCOCC1(C)CCNCC1. The molecule has 0 bridgehead atoms. The summed E-state index contributed by atoms with van der Waals surface area (Å²) in [4.78, 5) is 0. The van der Waals surface area contributed by atoms with E-state index in [0.29, 0.717) is 12.1 Å². The molecule has 0 radical (unpaired) electrons. The molecule has 0 saturated carbocycles. The Labute approximate surface area is 74.9 Å². The first kappa shape index (κ1) is 9.96. The molecule has 0 aromatic heterocycles. The second kappa shape index (κ2) is 4.80. The van der Waals surface area contributed by atoms with E-state index in [0.717, 1.165) is 19.7 Å². The third-order valence-corrected chi connectivity index (χ3v) is 2.51. The van der Waals surface area contributed by atoms with Crippen molar-refractivity contribution in [1.82, 2.24) is 10.6 Å². The lowest BCUT2D eigenvalue weighted by atomic mass is 9.82. The number of hydrogen-bond donors (Lipinski definition) is 2. The standard InChI is InChI=1S/C9H20N2O/c1-9(7-12-8-10-2)3-5-11-6-4-9/h10-11H,3-8H2,1-2H3. The van der Waals surface area contributed by atoms with Crippen molar-refractivity contribution in [3.05, 3.63) is 0 Å². The summed E-state index contributed by atoms with van der Waals surface area (Å²) in [5.41, 5.74) is 0.405. The van der Waals surface area contributed by atoms with Gasteiger partial charge in [0, 0.05) is 0 Å². The average Bonchev–Trinajstić information content (AvgIpc) is 2.06. The van der Waals surface area contributed by atoms with Crippen LogP contribution in [0.4, 0.5) is 0 Å². The average molecular weight is 172 g/mol. The number of ether oxygens (including phenoxy) is 1. The maximum absolute atomic E-state index is 5.49. The molecule has 3 heteroatoms. The lowest BCUT2D eigenvalue weighted by Gasteiger charge is -2.33. The van der Waals surface area contributed by atoms with Gasteiger partial charge in [-0.25, -0.2) is 0 Å². The zero-order valence-corrected chi connectivity index (χ0v) is 8.15. The first-order chi connectivity index (χ1) is 5.77. The highest BCUT2D eigenvalue weighted by Crippen LogP contribution is 2.27. The van der Waals surface area contributed by atoms with E-state index in [1.807, 2.05) is 7.05 Å². The van der Waals surface area contributed by atoms with E-state index in [-0.39, 0.29) is 0 Å². The van der Waals surface area contributed by atoms with E-state index in [9.17, 15) is 0 Å². The van der Waals surface area contributed by atoms with Crippen LogP contribution in [0.3, 0.4) is 0 Å². The van der Waals surface area contributed by atoms with Crippen LogP contribution < -0.4 is 10.6 Å². The molecular weight excluding hydrogens is 152 g/mol. The molecule has 0 aromatic carbocycles. The van der Waals surface area contributed by atoms with Crippen LogP contribution in [0.1, 0.15) is 19.8 Å². The van der Waals surface area contributed by atoms with Gasteiger partial charge in [0.2, 0.25) is 0 Å². The molecule has 0 aromatic rings. The fourth-order valence-corrected chi connectivity index (χ4v) is 1.57. The van der Waals surface area contributed by atoms with E-state index in [4.69, 9.17) is 4.74 Å². The molecule has 1 heterocycles. The van der Waals surface area contributed by atoms with Gasteiger partial charge in [0.25, 0.3) is 0 Å². The molecule has 1 saturated heterocycles. The number of rotatable bonds is 4. The molecule has 1 rings (SSSR count). The Bertz CT molecular complexity index is 122. The smallest absolute Gasteiger partial charge is 0.0963 e. The summed E-state index contributed by atoms with van der Waals surface area (Å²) in [6.07, 6.45) is 2.47. The zero-order chi connectivity index (χ0) is 8.86. The van der Waals surface area contributed by atoms with Gasteiger partial charge in [-0.3, -0.25) is 5.32 Å². The summed E-state index contributed by atoms with van der Waals surface area (Å²) in [5, 5.41) is 6.35. The van der Waals surface area contributed by atoms with Gasteiger partial charge >= 0.3 is 0 Å². The Morgan fingerprint density at radius 2 is 2.08 bits per heavy atom. The topological polar surface area (TPSA) is 33.3 Å². The monoisotopic (exact) mass is 172 g/mol. The first-order valence-corrected chi connectivity index (χ1v) is 4.70. The van der Waals surface area contributed by atoms with Crippen molar-refractivity contribution < 1.29 is 4.74 Å². The predicted octanol–water partition coefficient (Wildman–Crippen LogP) is 0.570. The van der Waals surface area contributed by atoms with Crippen LogP contribution in [0.2, 0.25) is 0 Å². The highest BCUT2D eigenvalue weighted by molar-refractivity contribution is 4.79. The molecule has 0 aliphatic carbocycles. The highest BCUT2D eigenvalue weighted by atomic mass is 16.5. The molecule has 3 nitrogen and oxygen atoms in total. The molecule has 1 fully saturated rings. The Morgan fingerprint density at radius 1 is 1.42 bits per heavy atom. The lowest BCUT2D eigenvalue weighted by Crippen LogP contribution is -2.38. The van der Waals surface area contributed by atoms with Gasteiger partial charge < -0.3 is 10.1 Å². The molecule has 1 aliphatic heterocycles. The summed E-state index contributed by atoms with van der Waals surface area (Å²) in [7, 11) is 1.91. The zero-order valence-electron chi connectivity index (χ0n) is 8.15. The molecule has 12 heavy (non-hydrogen) atoms. The van der Waals surface area contributed by atoms with Crippen molar-refractivity contribution in [3.63, 3.8) is 0 Å². The molecule has 1 aliphatic rings. The van der Waals surface area contributed by atoms with Gasteiger partial charge in [0.05, 0.1) is 13.3 Å². The third-order valence-electron chi connectivity index (χ3n) is 2.51. The Hall–Kier alpha value is -0.120. The summed E-state index contributed by atoms with van der Waals surface area (Å²) in [5.74, 6) is 0. The lowest BCUT2D eigenvalue weighted by molar-refractivity contribution is 0.0288. The van der Waals surface area contributed by atoms with Crippen LogP contribution in [0, 0.1) is 5.41 Å². The van der Waals surface area contributed by atoms with Crippen molar-refractivity contribution in [1.29, 1.82) is 0 Å². The second-order valence-electron chi connectivity index (χ2n) is 3.91. The van der Waals surface area contributed by atoms with Gasteiger partial charge in [-0.2, -0.15) is 0 Å². The van der Waals surface area contributed by atoms with Crippen LogP contribution in [0.25, 0.3) is 0 Å². The Morgan fingerprint density at radius 3 is 2.67 bits per heavy atom. The quantitative estimate of drug-likeness (QED) is 0.480. The molecule has 0 unspecified atom stereocenters. The largest absolute Gasteiger partial charge is 0.366 e. The number of piperidine rings is 1. The third kappa shape index (κ3) is 3.09. The van der Waals surface area contributed by atoms with Gasteiger partial charge in [-0.1, -0.05) is 6.92 Å². The van der Waals surface area contributed by atoms with Crippen LogP contribution >= 0.6 is 0 Å². The summed E-state index contributed by atoms with van der Waals surface area (Å²) in [6, 6.07) is 0. The molecule has 0 amide bonds. The molecule has 2 N–H and O–H groups in total. The number of hydrogen-bond acceptors (Lipinski definition) is 3. The summed E-state index contributed by atoms with van der Waals surface area (Å²) in [6.45, 7) is 6.14. The Kier molecular flexibility index (Phi) is 3.98. The Balaban J connectivity index is 2.17. The second-order valence-corrected chi connectivity index (χ2v) is 3.91. The van der Waals surface area contributed by atoms with E-state index >= 15 is 0 Å². The maximum Gasteiger partial charge on any atom is 0.0963 e. The fourth-order valence-electron chi connectivity index (χ4n) is 1.57. The van der Waals surface area contributed by atoms with Crippen molar-refractivity contribution in [2.24, 2.45) is 5.41 Å². The molecule has 0 atom stereocenters. The van der Waals surface area contributed by atoms with Crippen LogP contribution in [0.15, 0.2) is 0 Å². The van der Waals surface area contributed by atoms with Gasteiger partial charge in [-0.15, -0.1) is 0 Å². The van der Waals surface area contributed by atoms with Crippen molar-refractivity contribution in [2.75, 3.05) is 33.5 Å². The minimum absolute atomic E-state index is 0.405. The van der Waals surface area contributed by atoms with E-state index in [1.165, 1.54) is 12.8 Å². The fraction of sp³-hybridized carbons (Fsp3) is 1.00. The molecular formula is C9H20N2O. The van der Waals surface area contributed by atoms with Crippen molar-refractivity contribution in [3.8, 4) is 0 Å². The van der Waals surface area contributed by atoms with E-state index in [1.54, 1.807) is 0 Å². The van der Waals surface area contributed by atoms with Gasteiger partial charge in [0.15, 0.2) is 0 Å². The number of nitrogens with one attached hydrogen (secondary N) is 2. The van der Waals surface area contributed by atoms with Gasteiger partial charge in [0.1, 0.15) is 0 Å². The minimum Gasteiger partial charge on any atom is -0.366 e. The highest BCUT2D eigenvalue weighted by Gasteiger charge is 2.26. The van der Waals surface area contributed by atoms with E-state index in [2.05, 4.69) is 17.6 Å². The molecule has 72 valence electrons. The van der Waals surface area contributed by atoms with Crippen molar-refractivity contribution >= 4 is 0 Å². The van der Waals surface area contributed by atoms with Crippen LogP contribution in [-0.4, -0.2) is 33.5 Å². The van der Waals surface area contributed by atoms with Crippen molar-refractivity contribution in [2.45, 2.75) is 19.8 Å². The van der Waals surface area contributed by atoms with Crippen LogP contribution in [-0.2, 0) is 4.74 Å². The normalized spacial score (nSPS) is 22.5.